The van der Waals surface area contributed by atoms with Crippen molar-refractivity contribution in [1.29, 1.82) is 0 Å². The monoisotopic (exact) mass is 498 g/mol. The molecule has 1 amide bonds. The molecule has 4 rings (SSSR count). The average Bonchev–Trinajstić information content (AvgIpc) is 2.88. The minimum absolute atomic E-state index is 0.121. The first kappa shape index (κ1) is 26.1. The van der Waals surface area contributed by atoms with Crippen LogP contribution in [0.4, 0.5) is 0 Å². The molecule has 0 fully saturated rings. The van der Waals surface area contributed by atoms with E-state index in [0.29, 0.717) is 40.5 Å². The summed E-state index contributed by atoms with van der Waals surface area (Å²) < 4.78 is 6.84. The minimum Gasteiger partial charge on any atom is -0.497 e. The quantitative estimate of drug-likeness (QED) is 0.366. The fraction of sp³-hybridized carbons (Fsp3) is 0.300. The third-order valence-electron chi connectivity index (χ3n) is 6.05. The highest BCUT2D eigenvalue weighted by molar-refractivity contribution is 5.86. The van der Waals surface area contributed by atoms with Gasteiger partial charge in [0.25, 0.3) is 5.56 Å². The van der Waals surface area contributed by atoms with Crippen molar-refractivity contribution in [1.82, 2.24) is 19.8 Å². The molecule has 0 spiro atoms. The molecule has 3 aromatic carbocycles. The van der Waals surface area contributed by atoms with Gasteiger partial charge in [0.15, 0.2) is 0 Å². The van der Waals surface area contributed by atoms with Crippen molar-refractivity contribution in [3.05, 3.63) is 82.6 Å². The molecule has 0 aliphatic rings. The molecule has 0 aliphatic heterocycles. The number of carbonyl (C=O) groups is 1. The molecular weight excluding hydrogens is 464 g/mol. The van der Waals surface area contributed by atoms with E-state index in [4.69, 9.17) is 9.72 Å². The number of carbonyl (C=O) groups excluding carboxylic acids is 1. The lowest BCUT2D eigenvalue weighted by Crippen LogP contribution is -2.35. The predicted molar refractivity (Wildman–Crippen MR) is 149 cm³/mol. The standard InChI is InChI=1S/C30H34N4O3/c1-20(2)17-31-28(35)19-34-29(24-10-7-11-25(15-24)37-5)32-27-13-12-23(16-26(27)30(34)36)22-9-6-8-21(14-22)18-33(3)4/h6-16,20H,17-19H2,1-5H3,(H,31,35). The van der Waals surface area contributed by atoms with Gasteiger partial charge in [-0.2, -0.15) is 0 Å². The Bertz CT molecular complexity index is 1470. The first-order valence-corrected chi connectivity index (χ1v) is 12.4. The molecule has 7 heteroatoms. The zero-order chi connectivity index (χ0) is 26.5. The molecular formula is C30H34N4O3. The average molecular weight is 499 g/mol. The number of nitrogens with one attached hydrogen (secondary N) is 1. The van der Waals surface area contributed by atoms with Crippen LogP contribution in [0.2, 0.25) is 0 Å². The van der Waals surface area contributed by atoms with Gasteiger partial charge in [0, 0.05) is 18.7 Å². The first-order chi connectivity index (χ1) is 17.7. The van der Waals surface area contributed by atoms with Gasteiger partial charge in [0.2, 0.25) is 5.91 Å². The van der Waals surface area contributed by atoms with Crippen molar-refractivity contribution in [3.8, 4) is 28.3 Å². The van der Waals surface area contributed by atoms with E-state index in [0.717, 1.165) is 17.7 Å². The summed E-state index contributed by atoms with van der Waals surface area (Å²) in [6.45, 7) is 5.30. The normalized spacial score (nSPS) is 11.3. The first-order valence-electron chi connectivity index (χ1n) is 12.4. The van der Waals surface area contributed by atoms with E-state index in [1.165, 1.54) is 10.1 Å². The maximum absolute atomic E-state index is 13.9. The molecule has 0 saturated heterocycles. The molecule has 1 heterocycles. The largest absolute Gasteiger partial charge is 0.497 e. The minimum atomic E-state index is -0.256. The summed E-state index contributed by atoms with van der Waals surface area (Å²) in [5.74, 6) is 1.15. The third kappa shape index (κ3) is 6.24. The van der Waals surface area contributed by atoms with Gasteiger partial charge < -0.3 is 15.0 Å². The van der Waals surface area contributed by atoms with E-state index in [2.05, 4.69) is 22.3 Å². The molecule has 0 saturated carbocycles. The Morgan fingerprint density at radius 1 is 1.00 bits per heavy atom. The van der Waals surface area contributed by atoms with Crippen LogP contribution in [0.5, 0.6) is 5.75 Å². The van der Waals surface area contributed by atoms with E-state index in [-0.39, 0.29) is 18.0 Å². The number of aromatic nitrogens is 2. The lowest BCUT2D eigenvalue weighted by molar-refractivity contribution is -0.121. The third-order valence-corrected chi connectivity index (χ3v) is 6.05. The van der Waals surface area contributed by atoms with E-state index in [1.54, 1.807) is 7.11 Å². The Kier molecular flexibility index (Phi) is 8.04. The lowest BCUT2D eigenvalue weighted by atomic mass is 10.0. The van der Waals surface area contributed by atoms with Crippen molar-refractivity contribution < 1.29 is 9.53 Å². The van der Waals surface area contributed by atoms with Crippen LogP contribution in [-0.4, -0.2) is 48.1 Å². The van der Waals surface area contributed by atoms with Crippen LogP contribution >= 0.6 is 0 Å². The summed E-state index contributed by atoms with van der Waals surface area (Å²) in [5, 5.41) is 3.38. The van der Waals surface area contributed by atoms with Crippen molar-refractivity contribution >= 4 is 16.8 Å². The summed E-state index contributed by atoms with van der Waals surface area (Å²) in [7, 11) is 5.66. The van der Waals surface area contributed by atoms with Crippen molar-refractivity contribution in [2.24, 2.45) is 5.92 Å². The topological polar surface area (TPSA) is 76.5 Å². The molecule has 1 aromatic heterocycles. The zero-order valence-electron chi connectivity index (χ0n) is 22.1. The van der Waals surface area contributed by atoms with Crippen LogP contribution in [0.1, 0.15) is 19.4 Å². The summed E-state index contributed by atoms with van der Waals surface area (Å²) in [6, 6.07) is 21.4. The SMILES string of the molecule is COc1cccc(-c2nc3ccc(-c4cccc(CN(C)C)c4)cc3c(=O)n2CC(=O)NCC(C)C)c1. The molecule has 7 nitrogen and oxygen atoms in total. The van der Waals surface area contributed by atoms with Gasteiger partial charge >= 0.3 is 0 Å². The number of methoxy groups -OCH3 is 1. The molecule has 37 heavy (non-hydrogen) atoms. The lowest BCUT2D eigenvalue weighted by Gasteiger charge is -2.16. The summed E-state index contributed by atoms with van der Waals surface area (Å²) >= 11 is 0. The second-order valence-electron chi connectivity index (χ2n) is 9.93. The number of benzene rings is 3. The molecule has 4 aromatic rings. The van der Waals surface area contributed by atoms with Crippen molar-refractivity contribution in [3.63, 3.8) is 0 Å². The molecule has 0 bridgehead atoms. The highest BCUT2D eigenvalue weighted by Crippen LogP contribution is 2.27. The zero-order valence-corrected chi connectivity index (χ0v) is 22.1. The summed E-state index contributed by atoms with van der Waals surface area (Å²) in [6.07, 6.45) is 0. The highest BCUT2D eigenvalue weighted by Gasteiger charge is 2.17. The van der Waals surface area contributed by atoms with Crippen LogP contribution in [-0.2, 0) is 17.9 Å². The Morgan fingerprint density at radius 3 is 2.46 bits per heavy atom. The number of ether oxygens (including phenoxy) is 1. The van der Waals surface area contributed by atoms with Gasteiger partial charge in [0.05, 0.1) is 18.0 Å². The Morgan fingerprint density at radius 2 is 1.73 bits per heavy atom. The van der Waals surface area contributed by atoms with Gasteiger partial charge in [0.1, 0.15) is 18.1 Å². The Balaban J connectivity index is 1.84. The van der Waals surface area contributed by atoms with E-state index in [1.807, 2.05) is 82.5 Å². The van der Waals surface area contributed by atoms with Crippen molar-refractivity contribution in [2.75, 3.05) is 27.7 Å². The summed E-state index contributed by atoms with van der Waals surface area (Å²) in [4.78, 5) is 33.6. The molecule has 0 unspecified atom stereocenters. The maximum Gasteiger partial charge on any atom is 0.262 e. The Labute approximate surface area is 217 Å². The summed E-state index contributed by atoms with van der Waals surface area (Å²) in [5.41, 5.74) is 4.17. The molecule has 0 radical (unpaired) electrons. The smallest absolute Gasteiger partial charge is 0.262 e. The van der Waals surface area contributed by atoms with Crippen LogP contribution in [0.25, 0.3) is 33.4 Å². The van der Waals surface area contributed by atoms with E-state index < -0.39 is 0 Å². The fourth-order valence-corrected chi connectivity index (χ4v) is 4.26. The number of hydrogen-bond donors (Lipinski definition) is 1. The van der Waals surface area contributed by atoms with E-state index in [9.17, 15) is 9.59 Å². The van der Waals surface area contributed by atoms with Gasteiger partial charge in [-0.1, -0.05) is 50.2 Å². The number of rotatable bonds is 9. The number of fused-ring (bicyclic) bond motifs is 1. The van der Waals surface area contributed by atoms with Gasteiger partial charge in [-0.15, -0.1) is 0 Å². The van der Waals surface area contributed by atoms with Gasteiger partial charge in [-0.3, -0.25) is 14.2 Å². The van der Waals surface area contributed by atoms with Gasteiger partial charge in [-0.05, 0) is 67.0 Å². The van der Waals surface area contributed by atoms with E-state index >= 15 is 0 Å². The molecule has 0 aliphatic carbocycles. The second kappa shape index (κ2) is 11.4. The van der Waals surface area contributed by atoms with Crippen LogP contribution in [0.15, 0.2) is 71.5 Å². The molecule has 0 atom stereocenters. The predicted octanol–water partition coefficient (Wildman–Crippen LogP) is 4.57. The second-order valence-corrected chi connectivity index (χ2v) is 9.93. The van der Waals surface area contributed by atoms with Crippen LogP contribution in [0, 0.1) is 5.92 Å². The number of amides is 1. The highest BCUT2D eigenvalue weighted by atomic mass is 16.5. The fourth-order valence-electron chi connectivity index (χ4n) is 4.26. The van der Waals surface area contributed by atoms with Crippen LogP contribution < -0.4 is 15.6 Å². The maximum atomic E-state index is 13.9. The molecule has 1 N–H and O–H groups in total. The Hall–Kier alpha value is -3.97. The number of nitrogens with zero attached hydrogens (tertiary/aromatic N) is 3. The van der Waals surface area contributed by atoms with Crippen LogP contribution in [0.3, 0.4) is 0 Å². The number of hydrogen-bond acceptors (Lipinski definition) is 5. The van der Waals surface area contributed by atoms with Crippen molar-refractivity contribution in [2.45, 2.75) is 26.9 Å². The van der Waals surface area contributed by atoms with Gasteiger partial charge in [-0.25, -0.2) is 4.98 Å². The molecule has 192 valence electrons.